The lowest BCUT2D eigenvalue weighted by Crippen LogP contribution is -2.86. The maximum absolute atomic E-state index is 7.14. The van der Waals surface area contributed by atoms with E-state index in [4.69, 9.17) is 53.5 Å². The molecule has 1 radical (unpaired) electrons. The Labute approximate surface area is 249 Å². The quantitative estimate of drug-likeness (QED) is 0.312. The van der Waals surface area contributed by atoms with E-state index in [0.29, 0.717) is 54.4 Å². The van der Waals surface area contributed by atoms with Crippen molar-refractivity contribution >= 4 is 79.7 Å². The number of rotatable bonds is 9. The zero-order valence-corrected chi connectivity index (χ0v) is 34.2. The fourth-order valence-electron chi connectivity index (χ4n) is 5.35. The largest absolute Gasteiger partial charge is 0.478 e. The molecule has 6 aliphatic heterocycles. The molecular weight excluding hydrogens is 677 g/mol. The Morgan fingerprint density at radius 2 is 0.475 bits per heavy atom. The SMILES string of the molecule is CC[Si]1O[Si]2(CC)O[Si]3(CC)O[Si]4(CC)O[Si](CC)(O1)O[Si]1(CC)O[Si](CC)(O2)O[Si](CC)(O3)O[Si](CC)(O4)O1. The van der Waals surface area contributed by atoms with Crippen LogP contribution in [0.3, 0.4) is 0 Å². The van der Waals surface area contributed by atoms with Gasteiger partial charge in [-0.15, -0.1) is 0 Å². The van der Waals surface area contributed by atoms with Gasteiger partial charge in [-0.05, 0) is 6.04 Å². The highest BCUT2D eigenvalue weighted by Gasteiger charge is 2.79. The molecule has 13 nitrogen and oxygen atoms in total. The van der Waals surface area contributed by atoms with Crippen LogP contribution >= 0.6 is 0 Å². The zero-order chi connectivity index (χ0) is 29.1. The molecule has 6 aliphatic rings. The Morgan fingerprint density at radius 3 is 0.625 bits per heavy atom. The molecule has 0 N–H and O–H groups in total. The first-order valence-corrected chi connectivity index (χ1v) is 31.8. The van der Waals surface area contributed by atoms with Gasteiger partial charge in [0.25, 0.3) is 0 Å². The van der Waals surface area contributed by atoms with Crippen LogP contribution in [0.15, 0.2) is 0 Å². The van der Waals surface area contributed by atoms with Crippen molar-refractivity contribution in [3.63, 3.8) is 0 Å². The number of hydrogen-bond donors (Lipinski definition) is 0. The van der Waals surface area contributed by atoms with Gasteiger partial charge in [-0.3, -0.25) is 0 Å². The first-order chi connectivity index (χ1) is 18.9. The summed E-state index contributed by atoms with van der Waals surface area (Å²) in [4.78, 5) is 0. The first-order valence-electron chi connectivity index (χ1n) is 14.9. The van der Waals surface area contributed by atoms with Crippen molar-refractivity contribution in [3.8, 4) is 0 Å². The molecule has 6 heterocycles. The van der Waals surface area contributed by atoms with Gasteiger partial charge in [-0.25, -0.2) is 0 Å². The van der Waals surface area contributed by atoms with Crippen LogP contribution in [0.2, 0.25) is 54.4 Å². The highest BCUT2D eigenvalue weighted by Crippen LogP contribution is 2.51. The van der Waals surface area contributed by atoms with Gasteiger partial charge >= 0.3 is 79.7 Å². The Morgan fingerprint density at radius 1 is 0.300 bits per heavy atom. The molecule has 0 aromatic carbocycles. The van der Waals surface area contributed by atoms with Crippen molar-refractivity contribution in [3.05, 3.63) is 0 Å². The monoisotopic (exact) mass is 721 g/mol. The summed E-state index contributed by atoms with van der Waals surface area (Å²) >= 11 is 0. The van der Waals surface area contributed by atoms with E-state index in [1.54, 1.807) is 0 Å². The minimum atomic E-state index is -3.66. The maximum atomic E-state index is 7.14. The molecule has 8 bridgehead atoms. The van der Waals surface area contributed by atoms with E-state index in [0.717, 1.165) is 0 Å². The van der Waals surface area contributed by atoms with E-state index < -0.39 is 79.7 Å². The summed E-state index contributed by atoms with van der Waals surface area (Å²) in [6, 6.07) is 4.20. The molecule has 231 valence electrons. The Bertz CT molecular complexity index is 827. The second kappa shape index (κ2) is 11.3. The molecule has 40 heavy (non-hydrogen) atoms. The van der Waals surface area contributed by atoms with Crippen molar-refractivity contribution in [2.24, 2.45) is 0 Å². The fourth-order valence-corrected chi connectivity index (χ4v) is 57.5. The van der Waals surface area contributed by atoms with Crippen molar-refractivity contribution in [1.29, 1.82) is 0 Å². The minimum Gasteiger partial charge on any atom is -0.393 e. The third-order valence-corrected chi connectivity index (χ3v) is 46.9. The molecule has 4 unspecified atom stereocenters. The van der Waals surface area contributed by atoms with Crippen molar-refractivity contribution < 1.29 is 53.5 Å². The standard InChI is InChI=1S/C18H45O13Si9/c1-10-32-19-33(11-2)21-35(13-4)25-37(15-6)23-34(12-3,20-32)24-38(16-7)26-36(14-5,22-33)28-39(17-8,27-35)31-40(18-9,29-37)30-38/h10-18H2,1-9H3. The summed E-state index contributed by atoms with van der Waals surface area (Å²) in [7, 11) is -31.0. The zero-order valence-electron chi connectivity index (χ0n) is 25.2. The van der Waals surface area contributed by atoms with Crippen LogP contribution in [0.25, 0.3) is 0 Å². The van der Waals surface area contributed by atoms with Gasteiger partial charge in [0, 0.05) is 48.4 Å². The molecule has 0 saturated carbocycles. The van der Waals surface area contributed by atoms with E-state index in [2.05, 4.69) is 0 Å². The molecule has 6 fully saturated rings. The van der Waals surface area contributed by atoms with Crippen LogP contribution in [0.4, 0.5) is 0 Å². The number of hydrogen-bond acceptors (Lipinski definition) is 13. The van der Waals surface area contributed by atoms with Gasteiger partial charge in [0.1, 0.15) is 0 Å². The van der Waals surface area contributed by atoms with Gasteiger partial charge in [0.2, 0.25) is 0 Å². The van der Waals surface area contributed by atoms with Crippen LogP contribution in [0.1, 0.15) is 62.3 Å². The summed E-state index contributed by atoms with van der Waals surface area (Å²) in [5.74, 6) is 0. The summed E-state index contributed by atoms with van der Waals surface area (Å²) < 4.78 is 92.2. The third kappa shape index (κ3) is 5.44. The lowest BCUT2D eigenvalue weighted by atomic mass is 11.0. The van der Waals surface area contributed by atoms with Crippen molar-refractivity contribution in [2.75, 3.05) is 0 Å². The number of fused-ring (bicyclic) bond motifs is 2. The van der Waals surface area contributed by atoms with Crippen molar-refractivity contribution in [2.45, 2.75) is 117 Å². The van der Waals surface area contributed by atoms with Gasteiger partial charge in [-0.2, -0.15) is 0 Å². The molecular formula is C18H45O13Si9. The summed E-state index contributed by atoms with van der Waals surface area (Å²) in [6.45, 7) is 18.0. The van der Waals surface area contributed by atoms with E-state index in [1.807, 2.05) is 62.3 Å². The highest BCUT2D eigenvalue weighted by atomic mass is 28.6. The van der Waals surface area contributed by atoms with E-state index in [-0.39, 0.29) is 0 Å². The Balaban J connectivity index is 1.90. The predicted molar refractivity (Wildman–Crippen MR) is 160 cm³/mol. The molecule has 6 saturated heterocycles. The van der Waals surface area contributed by atoms with Gasteiger partial charge < -0.3 is 53.5 Å². The molecule has 22 heteroatoms. The van der Waals surface area contributed by atoms with Gasteiger partial charge in [0.15, 0.2) is 0 Å². The smallest absolute Gasteiger partial charge is 0.393 e. The highest BCUT2D eigenvalue weighted by molar-refractivity contribution is 7.02. The lowest BCUT2D eigenvalue weighted by molar-refractivity contribution is -0.0126. The molecule has 0 spiro atoms. The van der Waals surface area contributed by atoms with Gasteiger partial charge in [0.05, 0.1) is 0 Å². The van der Waals surface area contributed by atoms with Crippen LogP contribution in [0.5, 0.6) is 0 Å². The van der Waals surface area contributed by atoms with Crippen LogP contribution < -0.4 is 0 Å². The Hall–Kier alpha value is 1.43. The van der Waals surface area contributed by atoms with Crippen LogP contribution in [0, 0.1) is 0 Å². The topological polar surface area (TPSA) is 120 Å². The van der Waals surface area contributed by atoms with Crippen molar-refractivity contribution in [1.82, 2.24) is 0 Å². The lowest BCUT2D eigenvalue weighted by Gasteiger charge is -2.61. The van der Waals surface area contributed by atoms with Gasteiger partial charge in [-0.1, -0.05) is 62.3 Å². The second-order valence-electron chi connectivity index (χ2n) is 10.3. The first kappa shape index (κ1) is 32.8. The molecule has 0 aromatic heterocycles. The minimum absolute atomic E-state index is 0.435. The molecule has 6 rings (SSSR count). The average molecular weight is 722 g/mol. The summed E-state index contributed by atoms with van der Waals surface area (Å²) in [5.41, 5.74) is 0. The average Bonchev–Trinajstić information content (AvgIpc) is 2.93. The van der Waals surface area contributed by atoms with E-state index >= 15 is 0 Å². The molecule has 0 amide bonds. The van der Waals surface area contributed by atoms with E-state index in [1.165, 1.54) is 0 Å². The predicted octanol–water partition coefficient (Wildman–Crippen LogP) is 4.45. The second-order valence-corrected chi connectivity index (χ2v) is 39.0. The van der Waals surface area contributed by atoms with Crippen LogP contribution in [-0.4, -0.2) is 79.7 Å². The Kier molecular flexibility index (Phi) is 9.31. The third-order valence-electron chi connectivity index (χ3n) is 7.71. The summed E-state index contributed by atoms with van der Waals surface area (Å²) in [5, 5.41) is 0. The maximum Gasteiger partial charge on any atom is 0.478 e. The fraction of sp³-hybridized carbons (Fsp3) is 1.00. The molecule has 4 atom stereocenters. The molecule has 0 aliphatic carbocycles. The summed E-state index contributed by atoms with van der Waals surface area (Å²) in [6.07, 6.45) is 0. The normalized spacial score (nSPS) is 50.9. The molecule has 0 aromatic rings. The van der Waals surface area contributed by atoms with E-state index in [9.17, 15) is 0 Å². The van der Waals surface area contributed by atoms with Crippen LogP contribution in [-0.2, 0) is 53.5 Å².